The number of para-hydroxylation sites is 2. The molecule has 0 radical (unpaired) electrons. The van der Waals surface area contributed by atoms with Gasteiger partial charge in [-0.2, -0.15) is 0 Å². The zero-order valence-electron chi connectivity index (χ0n) is 14.3. The Hall–Kier alpha value is -1.38. The molecule has 7 heteroatoms. The molecule has 0 saturated carbocycles. The van der Waals surface area contributed by atoms with Gasteiger partial charge in [0.25, 0.3) is 0 Å². The average molecular weight is 391 g/mol. The van der Waals surface area contributed by atoms with Crippen molar-refractivity contribution in [2.75, 3.05) is 0 Å². The molecule has 1 heterocycles. The normalized spacial score (nSPS) is 9.38. The molecule has 0 atom stereocenters. The first kappa shape index (κ1) is 22.7. The van der Waals surface area contributed by atoms with Crippen molar-refractivity contribution in [3.05, 3.63) is 91.0 Å². The topological polar surface area (TPSA) is 64.6 Å². The van der Waals surface area contributed by atoms with Crippen molar-refractivity contribution in [3.8, 4) is 22.8 Å². The molecular weight excluding hydrogens is 375 g/mol. The van der Waals surface area contributed by atoms with E-state index in [0.29, 0.717) is 5.82 Å². The van der Waals surface area contributed by atoms with E-state index in [2.05, 4.69) is 0 Å². The predicted octanol–water partition coefficient (Wildman–Crippen LogP) is -2.96. The molecule has 5 nitrogen and oxygen atoms in total. The Bertz CT molecular complexity index is 861. The number of benzene rings is 3. The number of hydrogen-bond acceptors (Lipinski definition) is 3. The molecule has 4 rings (SSSR count). The van der Waals surface area contributed by atoms with Gasteiger partial charge in [-0.25, -0.2) is 0 Å². The second-order valence-electron chi connectivity index (χ2n) is 5.14. The van der Waals surface area contributed by atoms with Gasteiger partial charge in [-0.15, -0.1) is 0 Å². The van der Waals surface area contributed by atoms with Crippen molar-refractivity contribution in [2.45, 2.75) is 0 Å². The van der Waals surface area contributed by atoms with E-state index in [1.165, 1.54) is 0 Å². The number of aromatic nitrogens is 4. The van der Waals surface area contributed by atoms with Gasteiger partial charge in [-0.05, 0) is 46.3 Å². The van der Waals surface area contributed by atoms with Gasteiger partial charge in [-0.3, -0.25) is 0 Å². The van der Waals surface area contributed by atoms with Gasteiger partial charge in [0, 0.05) is 4.80 Å². The number of hydrogen-bond donors (Lipinski definition) is 0. The maximum absolute atomic E-state index is 4.70. The Morgan fingerprint density at radius 3 is 1.77 bits per heavy atom. The van der Waals surface area contributed by atoms with Crippen LogP contribution < -0.4 is 68.6 Å². The maximum Gasteiger partial charge on any atom is 1.00 e. The second-order valence-corrected chi connectivity index (χ2v) is 5.14. The second kappa shape index (κ2) is 10.7. The van der Waals surface area contributed by atoms with Crippen molar-refractivity contribution in [3.63, 3.8) is 0 Å². The van der Waals surface area contributed by atoms with Crippen LogP contribution >= 0.6 is 0 Å². The number of halogens is 1. The summed E-state index contributed by atoms with van der Waals surface area (Å²) < 4.78 is 0. The minimum atomic E-state index is 0. The largest absolute Gasteiger partial charge is 1.00 e. The molecule has 1 N–H and O–H groups in total. The maximum atomic E-state index is 4.70. The minimum absolute atomic E-state index is 0. The van der Waals surface area contributed by atoms with E-state index < -0.39 is 0 Å². The fourth-order valence-corrected chi connectivity index (χ4v) is 2.44. The summed E-state index contributed by atoms with van der Waals surface area (Å²) in [4.78, 5) is 3.63. The van der Waals surface area contributed by atoms with Gasteiger partial charge < -0.3 is 17.9 Å². The standard InChI is InChI=1S/C19H15N4.ClH.K.H2O/c1-4-10-16(11-5-1)19-20-22(17-12-6-2-7-13-17)23(21-19)18-14-8-3-9-15-18;;;/h1-15H;1H;;1H2/q+1;;+1;/p-2. The summed E-state index contributed by atoms with van der Waals surface area (Å²) >= 11 is 0. The molecule has 0 fully saturated rings. The van der Waals surface area contributed by atoms with E-state index in [-0.39, 0.29) is 69.3 Å². The van der Waals surface area contributed by atoms with E-state index in [0.717, 1.165) is 16.9 Å². The van der Waals surface area contributed by atoms with Crippen molar-refractivity contribution in [1.82, 2.24) is 15.0 Å². The van der Waals surface area contributed by atoms with Gasteiger partial charge >= 0.3 is 57.2 Å². The zero-order valence-corrected chi connectivity index (χ0v) is 18.2. The molecule has 3 aromatic carbocycles. The van der Waals surface area contributed by atoms with Crippen LogP contribution in [-0.4, -0.2) is 20.5 Å². The van der Waals surface area contributed by atoms with Crippen molar-refractivity contribution in [2.24, 2.45) is 0 Å². The Morgan fingerprint density at radius 1 is 0.692 bits per heavy atom. The number of tetrazole rings is 1. The first-order valence-electron chi connectivity index (χ1n) is 7.48. The van der Waals surface area contributed by atoms with Crippen molar-refractivity contribution < 1.29 is 74.1 Å². The molecule has 0 aliphatic heterocycles. The van der Waals surface area contributed by atoms with Crippen LogP contribution in [0.25, 0.3) is 22.8 Å². The van der Waals surface area contributed by atoms with Gasteiger partial charge in [-0.1, -0.05) is 54.6 Å². The SMILES string of the molecule is [Cl-].[K+].[OH-].c1ccc(-c2nn(-c3ccccc3)[n+](-c3ccccc3)n2)cc1. The summed E-state index contributed by atoms with van der Waals surface area (Å²) in [5.74, 6) is 0.693. The van der Waals surface area contributed by atoms with Gasteiger partial charge in [0.05, 0.1) is 10.7 Å². The van der Waals surface area contributed by atoms with Crippen LogP contribution in [0.15, 0.2) is 91.0 Å². The fourth-order valence-electron chi connectivity index (χ4n) is 2.44. The Balaban J connectivity index is 0.00000113. The molecular formula is C19H16ClKN4O. The summed E-state index contributed by atoms with van der Waals surface area (Å²) in [6.07, 6.45) is 0. The third-order valence-electron chi connectivity index (χ3n) is 3.56. The molecule has 0 spiro atoms. The Morgan fingerprint density at radius 2 is 1.19 bits per heavy atom. The molecule has 0 aliphatic carbocycles. The van der Waals surface area contributed by atoms with Crippen LogP contribution in [0.4, 0.5) is 0 Å². The fraction of sp³-hybridized carbons (Fsp3) is 0. The monoisotopic (exact) mass is 390 g/mol. The molecule has 0 saturated heterocycles. The summed E-state index contributed by atoms with van der Waals surface area (Å²) in [7, 11) is 0. The van der Waals surface area contributed by atoms with Crippen LogP contribution in [0, 0.1) is 0 Å². The molecule has 126 valence electrons. The minimum Gasteiger partial charge on any atom is -1.00 e. The molecule has 4 aromatic rings. The summed E-state index contributed by atoms with van der Waals surface area (Å²) in [6, 6.07) is 30.0. The van der Waals surface area contributed by atoms with Crippen molar-refractivity contribution in [1.29, 1.82) is 0 Å². The van der Waals surface area contributed by atoms with Crippen LogP contribution in [-0.2, 0) is 0 Å². The molecule has 0 amide bonds. The first-order chi connectivity index (χ1) is 11.4. The third kappa shape index (κ3) is 4.86. The molecule has 0 aliphatic rings. The van der Waals surface area contributed by atoms with E-state index >= 15 is 0 Å². The van der Waals surface area contributed by atoms with E-state index in [9.17, 15) is 0 Å². The Kier molecular flexibility index (Phi) is 9.32. The molecule has 0 unspecified atom stereocenters. The van der Waals surface area contributed by atoms with E-state index in [1.54, 1.807) is 0 Å². The van der Waals surface area contributed by atoms with Gasteiger partial charge in [0.2, 0.25) is 0 Å². The summed E-state index contributed by atoms with van der Waals surface area (Å²) in [5, 5.41) is 9.39. The van der Waals surface area contributed by atoms with Crippen LogP contribution in [0.5, 0.6) is 0 Å². The number of nitrogens with zero attached hydrogens (tertiary/aromatic N) is 4. The van der Waals surface area contributed by atoms with Crippen molar-refractivity contribution >= 4 is 0 Å². The molecule has 0 bridgehead atoms. The quantitative estimate of drug-likeness (QED) is 0.277. The third-order valence-corrected chi connectivity index (χ3v) is 3.56. The smallest absolute Gasteiger partial charge is 1.00 e. The van der Waals surface area contributed by atoms with Crippen LogP contribution in [0.2, 0.25) is 0 Å². The molecule has 1 aromatic heterocycles. The van der Waals surface area contributed by atoms with Crippen LogP contribution in [0.1, 0.15) is 0 Å². The summed E-state index contributed by atoms with van der Waals surface area (Å²) in [6.45, 7) is 0. The first-order valence-corrected chi connectivity index (χ1v) is 7.48. The average Bonchev–Trinajstić information content (AvgIpc) is 3.09. The van der Waals surface area contributed by atoms with E-state index in [4.69, 9.17) is 10.2 Å². The van der Waals surface area contributed by atoms with Crippen LogP contribution in [0.3, 0.4) is 0 Å². The molecule has 26 heavy (non-hydrogen) atoms. The Labute approximate surface area is 200 Å². The number of rotatable bonds is 3. The zero-order chi connectivity index (χ0) is 15.5. The predicted molar refractivity (Wildman–Crippen MR) is 90.3 cm³/mol. The van der Waals surface area contributed by atoms with Gasteiger partial charge in [0.1, 0.15) is 5.69 Å². The van der Waals surface area contributed by atoms with Gasteiger partial charge in [0.15, 0.2) is 5.69 Å². The summed E-state index contributed by atoms with van der Waals surface area (Å²) in [5.41, 5.74) is 2.92. The van der Waals surface area contributed by atoms with E-state index in [1.807, 2.05) is 101 Å².